The lowest BCUT2D eigenvalue weighted by atomic mass is 9.68. The summed E-state index contributed by atoms with van der Waals surface area (Å²) in [6.07, 6.45) is 3.68. The summed E-state index contributed by atoms with van der Waals surface area (Å²) in [4.78, 5) is 14.3. The van der Waals surface area contributed by atoms with Crippen molar-refractivity contribution in [1.29, 1.82) is 0 Å². The van der Waals surface area contributed by atoms with Crippen molar-refractivity contribution in [2.45, 2.75) is 57.8 Å². The fourth-order valence-corrected chi connectivity index (χ4v) is 4.92. The van der Waals surface area contributed by atoms with Crippen LogP contribution in [0, 0.1) is 11.3 Å². The van der Waals surface area contributed by atoms with E-state index in [1.165, 1.54) is 0 Å². The number of piperidine rings is 1. The second-order valence-corrected chi connectivity index (χ2v) is 9.52. The molecule has 29 heavy (non-hydrogen) atoms. The third-order valence-electron chi connectivity index (χ3n) is 6.82. The van der Waals surface area contributed by atoms with Crippen molar-refractivity contribution in [3.8, 4) is 0 Å². The Morgan fingerprint density at radius 1 is 1.34 bits per heavy atom. The Bertz CT molecular complexity index is 885. The molecule has 1 saturated heterocycles. The Kier molecular flexibility index (Phi) is 5.48. The first-order chi connectivity index (χ1) is 13.8. The van der Waals surface area contributed by atoms with Crippen molar-refractivity contribution in [2.24, 2.45) is 11.3 Å². The number of hydrogen-bond donors (Lipinski definition) is 4. The summed E-state index contributed by atoms with van der Waals surface area (Å²) in [6.45, 7) is 5.49. The summed E-state index contributed by atoms with van der Waals surface area (Å²) in [5, 5.41) is 32.2. The molecule has 0 radical (unpaired) electrons. The Labute approximate surface area is 175 Å². The van der Waals surface area contributed by atoms with Gasteiger partial charge in [-0.1, -0.05) is 25.4 Å². The molecule has 1 aromatic carbocycles. The van der Waals surface area contributed by atoms with E-state index < -0.39 is 6.10 Å². The van der Waals surface area contributed by atoms with Gasteiger partial charge in [0, 0.05) is 35.1 Å². The first-order valence-corrected chi connectivity index (χ1v) is 10.7. The second-order valence-electron chi connectivity index (χ2n) is 9.09. The maximum absolute atomic E-state index is 12.4. The molecular formula is C21H29ClN4O3. The monoisotopic (exact) mass is 420 g/mol. The molecule has 2 aliphatic rings. The summed E-state index contributed by atoms with van der Waals surface area (Å²) in [5.41, 5.74) is 1.19. The molecule has 1 aromatic heterocycles. The van der Waals surface area contributed by atoms with E-state index >= 15 is 0 Å². The Balaban J connectivity index is 1.41. The van der Waals surface area contributed by atoms with E-state index in [0.717, 1.165) is 29.3 Å². The number of fused-ring (bicyclic) bond motifs is 1. The molecule has 1 atom stereocenters. The number of nitrogens with one attached hydrogen (secondary N) is 2. The summed E-state index contributed by atoms with van der Waals surface area (Å²) < 4.78 is 0. The number of benzene rings is 1. The van der Waals surface area contributed by atoms with Crippen LogP contribution in [0.15, 0.2) is 18.3 Å². The van der Waals surface area contributed by atoms with Crippen molar-refractivity contribution in [2.75, 3.05) is 13.1 Å². The highest BCUT2D eigenvalue weighted by atomic mass is 35.5. The van der Waals surface area contributed by atoms with E-state index in [2.05, 4.69) is 29.4 Å². The van der Waals surface area contributed by atoms with Gasteiger partial charge in [-0.3, -0.25) is 5.10 Å². The number of carbonyl (C=O) groups excluding carboxylic acids is 1. The van der Waals surface area contributed by atoms with Crippen LogP contribution in [-0.4, -0.2) is 56.6 Å². The Morgan fingerprint density at radius 2 is 2.03 bits per heavy atom. The number of H-pyrrole nitrogens is 1. The molecule has 158 valence electrons. The minimum atomic E-state index is -0.703. The molecular weight excluding hydrogens is 392 g/mol. The van der Waals surface area contributed by atoms with Crippen LogP contribution in [0.2, 0.25) is 5.02 Å². The van der Waals surface area contributed by atoms with E-state index in [9.17, 15) is 15.0 Å². The molecule has 2 heterocycles. The fraction of sp³-hybridized carbons (Fsp3) is 0.619. The van der Waals surface area contributed by atoms with Crippen molar-refractivity contribution in [1.82, 2.24) is 20.4 Å². The summed E-state index contributed by atoms with van der Waals surface area (Å²) in [5.74, 6) is 0.268. The smallest absolute Gasteiger partial charge is 0.317 e. The minimum absolute atomic E-state index is 0.0484. The molecule has 2 fully saturated rings. The standard InChI is InChI=1S/C21H29ClN4O3/c1-21(2,19(28)17-8-14(22)7-12-11-23-25-18(12)17)13-3-5-26(6-4-13)20(29)24-15-9-16(27)10-15/h7-8,11,13,15-16,19,27-28H,3-6,9-10H2,1-2H3,(H,23,25)(H,24,29)/t15-,16-,19-/m1/s1. The number of urea groups is 1. The van der Waals surface area contributed by atoms with Gasteiger partial charge >= 0.3 is 6.03 Å². The lowest BCUT2D eigenvalue weighted by Crippen LogP contribution is -2.53. The summed E-state index contributed by atoms with van der Waals surface area (Å²) in [7, 11) is 0. The number of aromatic nitrogens is 2. The van der Waals surface area contributed by atoms with E-state index in [1.807, 2.05) is 17.0 Å². The molecule has 1 aliphatic carbocycles. The fourth-order valence-electron chi connectivity index (χ4n) is 4.68. The number of carbonyl (C=O) groups is 1. The lowest BCUT2D eigenvalue weighted by Gasteiger charge is -2.44. The molecule has 1 saturated carbocycles. The Morgan fingerprint density at radius 3 is 2.69 bits per heavy atom. The van der Waals surface area contributed by atoms with Gasteiger partial charge in [0.05, 0.1) is 23.9 Å². The predicted octanol–water partition coefficient (Wildman–Crippen LogP) is 3.22. The molecule has 0 bridgehead atoms. The van der Waals surface area contributed by atoms with Gasteiger partial charge in [0.2, 0.25) is 0 Å². The number of aliphatic hydroxyl groups excluding tert-OH is 2. The first kappa shape index (κ1) is 20.4. The molecule has 0 spiro atoms. The zero-order chi connectivity index (χ0) is 20.8. The molecule has 0 unspecified atom stereocenters. The maximum Gasteiger partial charge on any atom is 0.317 e. The minimum Gasteiger partial charge on any atom is -0.393 e. The van der Waals surface area contributed by atoms with Gasteiger partial charge in [-0.05, 0) is 49.1 Å². The zero-order valence-electron chi connectivity index (χ0n) is 16.9. The van der Waals surface area contributed by atoms with E-state index in [1.54, 1.807) is 6.20 Å². The highest BCUT2D eigenvalue weighted by Crippen LogP contribution is 2.46. The number of aromatic amines is 1. The number of likely N-dealkylation sites (tertiary alicyclic amines) is 1. The van der Waals surface area contributed by atoms with Gasteiger partial charge in [-0.25, -0.2) is 4.79 Å². The van der Waals surface area contributed by atoms with Gasteiger partial charge in [-0.15, -0.1) is 0 Å². The SMILES string of the molecule is CC(C)(C1CCN(C(=O)N[C@H]2C[C@H](O)C2)CC1)[C@H](O)c1cc(Cl)cc2cn[nH]c12. The third-order valence-corrected chi connectivity index (χ3v) is 7.04. The largest absolute Gasteiger partial charge is 0.393 e. The van der Waals surface area contributed by atoms with Crippen LogP contribution >= 0.6 is 11.6 Å². The normalized spacial score (nSPS) is 24.4. The van der Waals surface area contributed by atoms with Crippen LogP contribution < -0.4 is 5.32 Å². The van der Waals surface area contributed by atoms with Gasteiger partial charge in [-0.2, -0.15) is 5.10 Å². The van der Waals surface area contributed by atoms with Crippen LogP contribution in [-0.2, 0) is 0 Å². The van der Waals surface area contributed by atoms with Crippen molar-refractivity contribution < 1.29 is 15.0 Å². The highest BCUT2D eigenvalue weighted by molar-refractivity contribution is 6.31. The van der Waals surface area contributed by atoms with Crippen LogP contribution in [0.5, 0.6) is 0 Å². The topological polar surface area (TPSA) is 101 Å². The van der Waals surface area contributed by atoms with Gasteiger partial charge in [0.15, 0.2) is 0 Å². The third kappa shape index (κ3) is 3.96. The van der Waals surface area contributed by atoms with E-state index in [-0.39, 0.29) is 29.5 Å². The maximum atomic E-state index is 12.4. The van der Waals surface area contributed by atoms with E-state index in [4.69, 9.17) is 11.6 Å². The molecule has 4 N–H and O–H groups in total. The second kappa shape index (κ2) is 7.78. The summed E-state index contributed by atoms with van der Waals surface area (Å²) >= 11 is 6.26. The lowest BCUT2D eigenvalue weighted by molar-refractivity contribution is -0.0148. The van der Waals surface area contributed by atoms with Crippen molar-refractivity contribution in [3.05, 3.63) is 28.9 Å². The van der Waals surface area contributed by atoms with Crippen molar-refractivity contribution in [3.63, 3.8) is 0 Å². The Hall–Kier alpha value is -1.83. The molecule has 4 rings (SSSR count). The quantitative estimate of drug-likeness (QED) is 0.609. The number of hydrogen-bond acceptors (Lipinski definition) is 4. The highest BCUT2D eigenvalue weighted by Gasteiger charge is 2.40. The number of rotatable bonds is 4. The molecule has 2 aromatic rings. The first-order valence-electron chi connectivity index (χ1n) is 10.3. The van der Waals surface area contributed by atoms with Gasteiger partial charge in [0.25, 0.3) is 0 Å². The molecule has 7 nitrogen and oxygen atoms in total. The number of aliphatic hydroxyl groups is 2. The van der Waals surface area contributed by atoms with Crippen LogP contribution in [0.1, 0.15) is 51.2 Å². The van der Waals surface area contributed by atoms with Crippen LogP contribution in [0.25, 0.3) is 10.9 Å². The van der Waals surface area contributed by atoms with Gasteiger partial charge in [0.1, 0.15) is 0 Å². The summed E-state index contributed by atoms with van der Waals surface area (Å²) in [6, 6.07) is 3.69. The number of amides is 2. The van der Waals surface area contributed by atoms with Crippen molar-refractivity contribution >= 4 is 28.5 Å². The van der Waals surface area contributed by atoms with Crippen LogP contribution in [0.4, 0.5) is 4.79 Å². The number of halogens is 1. The van der Waals surface area contributed by atoms with E-state index in [0.29, 0.717) is 31.0 Å². The average molecular weight is 421 g/mol. The average Bonchev–Trinajstić information content (AvgIpc) is 3.13. The predicted molar refractivity (Wildman–Crippen MR) is 112 cm³/mol. The molecule has 1 aliphatic heterocycles. The van der Waals surface area contributed by atoms with Gasteiger partial charge < -0.3 is 20.4 Å². The zero-order valence-corrected chi connectivity index (χ0v) is 17.6. The molecule has 8 heteroatoms. The number of nitrogens with zero attached hydrogens (tertiary/aromatic N) is 2. The van der Waals surface area contributed by atoms with Crippen LogP contribution in [0.3, 0.4) is 0 Å². The molecule has 2 amide bonds.